The van der Waals surface area contributed by atoms with Crippen molar-refractivity contribution in [1.29, 1.82) is 0 Å². The van der Waals surface area contributed by atoms with E-state index < -0.39 is 0 Å². The van der Waals surface area contributed by atoms with Gasteiger partial charge in [0, 0.05) is 0 Å². The Bertz CT molecular complexity index is 61.5. The fraction of sp³-hybridized carbons (Fsp3) is 1.00. The van der Waals surface area contributed by atoms with Gasteiger partial charge in [0.15, 0.2) is 0 Å². The predicted octanol–water partition coefficient (Wildman–Crippen LogP) is 3.98. The van der Waals surface area contributed by atoms with Crippen LogP contribution in [0.4, 0.5) is 0 Å². The third-order valence-electron chi connectivity index (χ3n) is 2.16. The summed E-state index contributed by atoms with van der Waals surface area (Å²) in [6.07, 6.45) is 9.56. The van der Waals surface area contributed by atoms with E-state index in [9.17, 15) is 0 Å². The minimum absolute atomic E-state index is 0. The Morgan fingerprint density at radius 1 is 0.692 bits per heavy atom. The van der Waals surface area contributed by atoms with Gasteiger partial charge >= 0.3 is 0 Å². The molecule has 0 atom stereocenters. The molecular weight excluding hydrogens is 158 g/mol. The van der Waals surface area contributed by atoms with Crippen LogP contribution in [0.15, 0.2) is 0 Å². The van der Waals surface area contributed by atoms with Crippen LogP contribution in [-0.2, 0) is 0 Å². The molecule has 0 rings (SSSR count). The number of hydrogen-bond acceptors (Lipinski definition) is 1. The summed E-state index contributed by atoms with van der Waals surface area (Å²) in [6, 6.07) is 0. The van der Waals surface area contributed by atoms with Gasteiger partial charge in [0.2, 0.25) is 0 Å². The van der Waals surface area contributed by atoms with E-state index in [1.807, 2.05) is 0 Å². The van der Waals surface area contributed by atoms with Crippen LogP contribution in [0.5, 0.6) is 0 Å². The molecule has 0 heterocycles. The third kappa shape index (κ3) is 14.8. The van der Waals surface area contributed by atoms with Crippen LogP contribution >= 0.6 is 0 Å². The fourth-order valence-electron chi connectivity index (χ4n) is 1.30. The highest BCUT2D eigenvalue weighted by Gasteiger charge is 1.88. The Kier molecular flexibility index (Phi) is 17.2. The summed E-state index contributed by atoms with van der Waals surface area (Å²) >= 11 is 0. The van der Waals surface area contributed by atoms with E-state index in [1.54, 1.807) is 0 Å². The highest BCUT2D eigenvalue weighted by atomic mass is 14.8. The van der Waals surface area contributed by atoms with E-state index in [2.05, 4.69) is 19.2 Å². The summed E-state index contributed by atoms with van der Waals surface area (Å²) in [7, 11) is 0. The van der Waals surface area contributed by atoms with Gasteiger partial charge in [0.05, 0.1) is 0 Å². The van der Waals surface area contributed by atoms with Crippen molar-refractivity contribution >= 4 is 0 Å². The monoisotopic (exact) mass is 187 g/mol. The van der Waals surface area contributed by atoms with Crippen molar-refractivity contribution in [2.75, 3.05) is 13.1 Å². The Balaban J connectivity index is 0. The van der Waals surface area contributed by atoms with Gasteiger partial charge < -0.3 is 5.32 Å². The van der Waals surface area contributed by atoms with Crippen LogP contribution in [0.1, 0.15) is 66.2 Å². The first-order valence-electron chi connectivity index (χ1n) is 5.62. The minimum atomic E-state index is 0. The second-order valence-electron chi connectivity index (χ2n) is 3.52. The molecule has 1 nitrogen and oxygen atoms in total. The molecule has 1 heteroatoms. The van der Waals surface area contributed by atoms with Crippen molar-refractivity contribution in [3.05, 3.63) is 0 Å². The summed E-state index contributed by atoms with van der Waals surface area (Å²) in [5, 5.41) is 3.48. The molecule has 82 valence electrons. The zero-order valence-electron chi connectivity index (χ0n) is 8.86. The first kappa shape index (κ1) is 15.4. The van der Waals surface area contributed by atoms with Crippen molar-refractivity contribution < 1.29 is 0 Å². The summed E-state index contributed by atoms with van der Waals surface area (Å²) in [5.41, 5.74) is 0. The van der Waals surface area contributed by atoms with Crippen LogP contribution in [0.25, 0.3) is 0 Å². The lowest BCUT2D eigenvalue weighted by Gasteiger charge is -2.02. The maximum atomic E-state index is 3.48. The van der Waals surface area contributed by atoms with Crippen molar-refractivity contribution in [1.82, 2.24) is 5.32 Å². The second-order valence-corrected chi connectivity index (χ2v) is 3.52. The molecule has 0 aromatic rings. The average Bonchev–Trinajstić information content (AvgIpc) is 2.10. The summed E-state index contributed by atoms with van der Waals surface area (Å²) in [4.78, 5) is 0. The third-order valence-corrected chi connectivity index (χ3v) is 2.16. The van der Waals surface area contributed by atoms with Gasteiger partial charge in [-0.2, -0.15) is 0 Å². The molecule has 0 unspecified atom stereocenters. The Morgan fingerprint density at radius 2 is 1.15 bits per heavy atom. The van der Waals surface area contributed by atoms with E-state index in [0.717, 1.165) is 0 Å². The molecule has 0 aliphatic rings. The standard InChI is InChI=1S/C11H25N.CH4/c1-3-5-7-9-11-12-10-8-6-4-2;/h12H,3-11H2,1-2H3;1H4. The van der Waals surface area contributed by atoms with E-state index in [1.165, 1.54) is 58.0 Å². The first-order valence-corrected chi connectivity index (χ1v) is 5.62. The molecule has 0 saturated heterocycles. The normalized spacial score (nSPS) is 9.69. The minimum Gasteiger partial charge on any atom is -0.317 e. The number of unbranched alkanes of at least 4 members (excludes halogenated alkanes) is 5. The fourth-order valence-corrected chi connectivity index (χ4v) is 1.30. The van der Waals surface area contributed by atoms with Crippen molar-refractivity contribution in [3.8, 4) is 0 Å². The van der Waals surface area contributed by atoms with Crippen LogP contribution < -0.4 is 5.32 Å². The molecule has 0 saturated carbocycles. The maximum absolute atomic E-state index is 3.48. The summed E-state index contributed by atoms with van der Waals surface area (Å²) < 4.78 is 0. The lowest BCUT2D eigenvalue weighted by molar-refractivity contribution is 0.572. The predicted molar refractivity (Wildman–Crippen MR) is 63.3 cm³/mol. The van der Waals surface area contributed by atoms with E-state index in [-0.39, 0.29) is 7.43 Å². The quantitative estimate of drug-likeness (QED) is 0.538. The molecule has 0 aliphatic carbocycles. The number of nitrogens with one attached hydrogen (secondary N) is 1. The van der Waals surface area contributed by atoms with Gasteiger partial charge in [-0.25, -0.2) is 0 Å². The van der Waals surface area contributed by atoms with Crippen LogP contribution in [0, 0.1) is 0 Å². The largest absolute Gasteiger partial charge is 0.317 e. The molecule has 0 fully saturated rings. The van der Waals surface area contributed by atoms with Gasteiger partial charge in [-0.15, -0.1) is 0 Å². The van der Waals surface area contributed by atoms with E-state index >= 15 is 0 Å². The molecule has 1 N–H and O–H groups in total. The van der Waals surface area contributed by atoms with Gasteiger partial charge in [-0.3, -0.25) is 0 Å². The first-order chi connectivity index (χ1) is 5.91. The summed E-state index contributed by atoms with van der Waals surface area (Å²) in [5.74, 6) is 0. The molecular formula is C12H29N. The zero-order chi connectivity index (χ0) is 9.07. The SMILES string of the molecule is C.CCCCCCNCCCCC. The highest BCUT2D eigenvalue weighted by Crippen LogP contribution is 1.97. The van der Waals surface area contributed by atoms with E-state index in [0.29, 0.717) is 0 Å². The van der Waals surface area contributed by atoms with Crippen molar-refractivity contribution in [2.24, 2.45) is 0 Å². The van der Waals surface area contributed by atoms with Crippen molar-refractivity contribution in [2.45, 2.75) is 66.2 Å². The van der Waals surface area contributed by atoms with Gasteiger partial charge in [-0.1, -0.05) is 53.4 Å². The van der Waals surface area contributed by atoms with Crippen molar-refractivity contribution in [3.63, 3.8) is 0 Å². The molecule has 0 aromatic heterocycles. The Morgan fingerprint density at radius 3 is 1.69 bits per heavy atom. The maximum Gasteiger partial charge on any atom is -0.00489 e. The average molecular weight is 187 g/mol. The van der Waals surface area contributed by atoms with Crippen LogP contribution in [0.3, 0.4) is 0 Å². The zero-order valence-corrected chi connectivity index (χ0v) is 8.86. The smallest absolute Gasteiger partial charge is 0.00489 e. The van der Waals surface area contributed by atoms with Crippen LogP contribution in [0.2, 0.25) is 0 Å². The topological polar surface area (TPSA) is 12.0 Å². The summed E-state index contributed by atoms with van der Waals surface area (Å²) in [6.45, 7) is 6.96. The lowest BCUT2D eigenvalue weighted by atomic mass is 10.2. The van der Waals surface area contributed by atoms with E-state index in [4.69, 9.17) is 0 Å². The Hall–Kier alpha value is -0.0400. The van der Waals surface area contributed by atoms with Gasteiger partial charge in [0.1, 0.15) is 0 Å². The molecule has 0 bridgehead atoms. The Labute approximate surface area is 85.3 Å². The number of rotatable bonds is 9. The molecule has 0 aliphatic heterocycles. The van der Waals surface area contributed by atoms with Gasteiger partial charge in [-0.05, 0) is 25.9 Å². The lowest BCUT2D eigenvalue weighted by Crippen LogP contribution is -2.16. The molecule has 0 aromatic carbocycles. The number of hydrogen-bond donors (Lipinski definition) is 1. The molecule has 13 heavy (non-hydrogen) atoms. The molecule has 0 radical (unpaired) electrons. The van der Waals surface area contributed by atoms with Gasteiger partial charge in [0.25, 0.3) is 0 Å². The highest BCUT2D eigenvalue weighted by molar-refractivity contribution is 4.48. The van der Waals surface area contributed by atoms with Crippen LogP contribution in [-0.4, -0.2) is 13.1 Å². The second kappa shape index (κ2) is 14.5. The molecule has 0 spiro atoms. The molecule has 0 amide bonds.